The minimum absolute atomic E-state index is 0. The number of pyridine rings is 2. The molecule has 0 unspecified atom stereocenters. The Kier molecular flexibility index (Phi) is 10.0. The van der Waals surface area contributed by atoms with Crippen LogP contribution in [-0.4, -0.2) is 9.97 Å². The summed E-state index contributed by atoms with van der Waals surface area (Å²) in [5, 5.41) is 2.25. The third-order valence-corrected chi connectivity index (χ3v) is 8.97. The third-order valence-electron chi connectivity index (χ3n) is 8.97. The summed E-state index contributed by atoms with van der Waals surface area (Å²) >= 11 is 0. The molecule has 0 aliphatic heterocycles. The number of nitrogens with zero attached hydrogens (tertiary/aromatic N) is 2. The Morgan fingerprint density at radius 3 is 2.06 bits per heavy atom. The summed E-state index contributed by atoms with van der Waals surface area (Å²) in [6.07, 6.45) is 3.83. The van der Waals surface area contributed by atoms with Crippen molar-refractivity contribution in [1.29, 1.82) is 0 Å². The van der Waals surface area contributed by atoms with Crippen molar-refractivity contribution in [2.75, 3.05) is 0 Å². The van der Waals surface area contributed by atoms with Gasteiger partial charge in [0.15, 0.2) is 0 Å². The van der Waals surface area contributed by atoms with E-state index in [0.717, 1.165) is 50.0 Å². The molecular weight excluding hydrogens is 777 g/mol. The topological polar surface area (TPSA) is 38.9 Å². The SMILES string of the molecule is Cc1cc(-c2[c-]cc(C(C)(C)c3ccccc3)c3c2oc2ccccc23)ncc1-c1ccccc1.Cc1ccc(-c2[c-]cccc2)nc1.[Ir]. The second-order valence-electron chi connectivity index (χ2n) is 12.6. The maximum Gasteiger partial charge on any atom is 0.120 e. The Hall–Kier alpha value is -5.15. The number of rotatable bonds is 5. The maximum atomic E-state index is 6.49. The van der Waals surface area contributed by atoms with Gasteiger partial charge in [0.1, 0.15) is 5.58 Å². The molecule has 8 aromatic rings. The first kappa shape index (κ1) is 33.7. The first-order chi connectivity index (χ1) is 23.4. The minimum Gasteiger partial charge on any atom is -0.501 e. The summed E-state index contributed by atoms with van der Waals surface area (Å²) in [5.74, 6) is 0. The van der Waals surface area contributed by atoms with Crippen LogP contribution in [0.4, 0.5) is 0 Å². The van der Waals surface area contributed by atoms with Gasteiger partial charge in [0.05, 0.1) is 5.58 Å². The largest absolute Gasteiger partial charge is 0.501 e. The van der Waals surface area contributed by atoms with Crippen LogP contribution in [0.3, 0.4) is 0 Å². The normalized spacial score (nSPS) is 11.1. The summed E-state index contributed by atoms with van der Waals surface area (Å²) in [4.78, 5) is 9.18. The van der Waals surface area contributed by atoms with E-state index in [0.29, 0.717) is 0 Å². The van der Waals surface area contributed by atoms with Crippen molar-refractivity contribution in [3.05, 3.63) is 180 Å². The van der Waals surface area contributed by atoms with Crippen LogP contribution in [0.1, 0.15) is 36.1 Å². The number of furan rings is 1. The minimum atomic E-state index is -0.221. The molecule has 4 heteroatoms. The number of para-hydroxylation sites is 1. The van der Waals surface area contributed by atoms with E-state index in [1.165, 1.54) is 27.8 Å². The fourth-order valence-electron chi connectivity index (χ4n) is 6.26. The van der Waals surface area contributed by atoms with Crippen molar-refractivity contribution in [2.24, 2.45) is 0 Å². The first-order valence-corrected chi connectivity index (χ1v) is 16.2. The Morgan fingerprint density at radius 2 is 1.37 bits per heavy atom. The molecule has 3 nitrogen and oxygen atoms in total. The van der Waals surface area contributed by atoms with Crippen LogP contribution < -0.4 is 0 Å². The van der Waals surface area contributed by atoms with Gasteiger partial charge in [-0.15, -0.1) is 53.6 Å². The van der Waals surface area contributed by atoms with Gasteiger partial charge in [-0.1, -0.05) is 122 Å². The molecule has 5 aromatic carbocycles. The maximum absolute atomic E-state index is 6.49. The van der Waals surface area contributed by atoms with E-state index < -0.39 is 0 Å². The summed E-state index contributed by atoms with van der Waals surface area (Å²) in [6, 6.07) is 52.2. The molecule has 1 radical (unpaired) electrons. The van der Waals surface area contributed by atoms with E-state index in [1.54, 1.807) is 0 Å². The van der Waals surface area contributed by atoms with Crippen LogP contribution in [-0.2, 0) is 25.5 Å². The van der Waals surface area contributed by atoms with Crippen LogP contribution in [0.2, 0.25) is 0 Å². The molecule has 0 spiro atoms. The van der Waals surface area contributed by atoms with Crippen molar-refractivity contribution >= 4 is 21.9 Å². The molecule has 49 heavy (non-hydrogen) atoms. The quantitative estimate of drug-likeness (QED) is 0.163. The number of hydrogen-bond donors (Lipinski definition) is 0. The Balaban J connectivity index is 0.000000250. The zero-order chi connectivity index (χ0) is 33.1. The number of benzene rings is 5. The molecule has 0 atom stereocenters. The molecule has 8 rings (SSSR count). The van der Waals surface area contributed by atoms with E-state index in [1.807, 2.05) is 67.8 Å². The first-order valence-electron chi connectivity index (χ1n) is 16.2. The second kappa shape index (κ2) is 14.5. The van der Waals surface area contributed by atoms with Crippen molar-refractivity contribution in [3.63, 3.8) is 0 Å². The van der Waals surface area contributed by atoms with E-state index in [-0.39, 0.29) is 25.5 Å². The van der Waals surface area contributed by atoms with Crippen LogP contribution in [0, 0.1) is 26.0 Å². The van der Waals surface area contributed by atoms with Gasteiger partial charge in [0, 0.05) is 43.4 Å². The molecule has 0 N–H and O–H groups in total. The smallest absolute Gasteiger partial charge is 0.120 e. The molecule has 0 saturated carbocycles. The molecule has 0 fully saturated rings. The van der Waals surface area contributed by atoms with Gasteiger partial charge in [-0.05, 0) is 59.0 Å². The van der Waals surface area contributed by atoms with Gasteiger partial charge in [0.25, 0.3) is 0 Å². The molecular formula is C45H36IrN2O-2. The van der Waals surface area contributed by atoms with Crippen LogP contribution in [0.15, 0.2) is 150 Å². The molecule has 0 bridgehead atoms. The van der Waals surface area contributed by atoms with Crippen LogP contribution >= 0.6 is 0 Å². The average molecular weight is 813 g/mol. The standard InChI is InChI=1S/C33H26NO.C12H10N.Ir/c1-22-20-29(34-21-27(22)23-12-6-4-7-13-23)25-18-19-28(33(2,3)24-14-8-5-9-15-24)31-26-16-10-11-17-30(26)35-32(25)31;1-10-7-8-12(13-9-10)11-5-3-2-4-6-11;/h4-17,19-21H,1-3H3;2-5,7-9H,1H3;/q2*-1;. The van der Waals surface area contributed by atoms with E-state index >= 15 is 0 Å². The summed E-state index contributed by atoms with van der Waals surface area (Å²) in [7, 11) is 0. The zero-order valence-electron chi connectivity index (χ0n) is 28.0. The monoisotopic (exact) mass is 813 g/mol. The second-order valence-corrected chi connectivity index (χ2v) is 12.6. The molecule has 0 aliphatic carbocycles. The van der Waals surface area contributed by atoms with Gasteiger partial charge in [-0.2, -0.15) is 0 Å². The molecule has 3 heterocycles. The zero-order valence-corrected chi connectivity index (χ0v) is 30.4. The van der Waals surface area contributed by atoms with Gasteiger partial charge in [-0.25, -0.2) is 0 Å². The Bertz CT molecular complexity index is 2310. The van der Waals surface area contributed by atoms with E-state index in [4.69, 9.17) is 9.40 Å². The number of fused-ring (bicyclic) bond motifs is 3. The number of hydrogen-bond acceptors (Lipinski definition) is 3. The number of aromatic nitrogens is 2. The molecule has 3 aromatic heterocycles. The molecule has 0 amide bonds. The summed E-state index contributed by atoms with van der Waals surface area (Å²) in [5.41, 5.74) is 12.4. The van der Waals surface area contributed by atoms with Crippen molar-refractivity contribution in [2.45, 2.75) is 33.1 Å². The van der Waals surface area contributed by atoms with Crippen molar-refractivity contribution < 1.29 is 24.5 Å². The Labute approximate surface area is 302 Å². The Morgan fingerprint density at radius 1 is 0.673 bits per heavy atom. The molecule has 243 valence electrons. The van der Waals surface area contributed by atoms with Gasteiger partial charge < -0.3 is 14.4 Å². The fraction of sp³-hybridized carbons (Fsp3) is 0.111. The predicted octanol–water partition coefficient (Wildman–Crippen LogP) is 11.6. The number of aryl methyl sites for hydroxylation is 2. The van der Waals surface area contributed by atoms with Crippen LogP contribution in [0.5, 0.6) is 0 Å². The van der Waals surface area contributed by atoms with Gasteiger partial charge in [-0.3, -0.25) is 0 Å². The third kappa shape index (κ3) is 6.89. The predicted molar refractivity (Wildman–Crippen MR) is 198 cm³/mol. The average Bonchev–Trinajstić information content (AvgIpc) is 3.53. The fourth-order valence-corrected chi connectivity index (χ4v) is 6.26. The summed E-state index contributed by atoms with van der Waals surface area (Å²) in [6.45, 7) is 8.70. The molecule has 0 aliphatic rings. The van der Waals surface area contributed by atoms with E-state index in [2.05, 4.69) is 123 Å². The van der Waals surface area contributed by atoms with Gasteiger partial charge >= 0.3 is 0 Å². The van der Waals surface area contributed by atoms with Crippen molar-refractivity contribution in [3.8, 4) is 33.6 Å². The molecule has 0 saturated heterocycles. The summed E-state index contributed by atoms with van der Waals surface area (Å²) < 4.78 is 6.49. The van der Waals surface area contributed by atoms with Gasteiger partial charge in [0.2, 0.25) is 0 Å². The van der Waals surface area contributed by atoms with E-state index in [9.17, 15) is 0 Å². The van der Waals surface area contributed by atoms with Crippen molar-refractivity contribution in [1.82, 2.24) is 9.97 Å². The van der Waals surface area contributed by atoms with Crippen LogP contribution in [0.25, 0.3) is 55.6 Å².